The van der Waals surface area contributed by atoms with Crippen LogP contribution in [0.2, 0.25) is 0 Å². The van der Waals surface area contributed by atoms with Gasteiger partial charge < -0.3 is 16.0 Å². The van der Waals surface area contributed by atoms with E-state index in [0.717, 1.165) is 17.4 Å². The molecule has 0 fully saturated rings. The maximum absolute atomic E-state index is 13.9. The lowest BCUT2D eigenvalue weighted by molar-refractivity contribution is 0.1000. The molecule has 0 bridgehead atoms. The second-order valence-corrected chi connectivity index (χ2v) is 4.97. The van der Waals surface area contributed by atoms with Gasteiger partial charge in [-0.1, -0.05) is 12.1 Å². The number of amides is 1. The molecule has 0 aromatic heterocycles. The largest absolute Gasteiger partial charge is 0.381 e. The van der Waals surface area contributed by atoms with Gasteiger partial charge in [-0.3, -0.25) is 4.79 Å². The number of nitrogens with two attached hydrogens (primary N) is 1. The van der Waals surface area contributed by atoms with Gasteiger partial charge in [-0.2, -0.15) is 0 Å². The van der Waals surface area contributed by atoms with E-state index in [0.29, 0.717) is 12.1 Å². The highest BCUT2D eigenvalue weighted by Gasteiger charge is 2.07. The quantitative estimate of drug-likeness (QED) is 0.888. The summed E-state index contributed by atoms with van der Waals surface area (Å²) < 4.78 is 13.9. The molecular formula is C16H18FN3O. The van der Waals surface area contributed by atoms with Crippen LogP contribution in [0.5, 0.6) is 0 Å². The zero-order chi connectivity index (χ0) is 15.4. The minimum Gasteiger partial charge on any atom is -0.381 e. The summed E-state index contributed by atoms with van der Waals surface area (Å²) in [7, 11) is 3.92. The van der Waals surface area contributed by atoms with Crippen LogP contribution in [0.4, 0.5) is 15.8 Å². The fourth-order valence-electron chi connectivity index (χ4n) is 1.94. The summed E-state index contributed by atoms with van der Waals surface area (Å²) in [6.07, 6.45) is 0. The van der Waals surface area contributed by atoms with E-state index in [9.17, 15) is 9.18 Å². The molecule has 1 amide bonds. The topological polar surface area (TPSA) is 58.4 Å². The van der Waals surface area contributed by atoms with Crippen LogP contribution in [0.15, 0.2) is 42.5 Å². The number of benzene rings is 2. The van der Waals surface area contributed by atoms with Gasteiger partial charge in [0.1, 0.15) is 5.82 Å². The molecular weight excluding hydrogens is 269 g/mol. The standard InChI is InChI=1S/C16H18FN3O/c1-20(2)14-5-3-4-13(9-14)19-10-12-7-6-11(16(18)21)8-15(12)17/h3-9,19H,10H2,1-2H3,(H2,18,21). The zero-order valence-electron chi connectivity index (χ0n) is 12.1. The first-order valence-corrected chi connectivity index (χ1v) is 6.57. The van der Waals surface area contributed by atoms with Crippen molar-refractivity contribution in [1.29, 1.82) is 0 Å². The van der Waals surface area contributed by atoms with Gasteiger partial charge in [-0.25, -0.2) is 4.39 Å². The van der Waals surface area contributed by atoms with Crippen molar-refractivity contribution < 1.29 is 9.18 Å². The van der Waals surface area contributed by atoms with E-state index in [-0.39, 0.29) is 5.56 Å². The summed E-state index contributed by atoms with van der Waals surface area (Å²) in [6.45, 7) is 0.335. The number of hydrogen-bond donors (Lipinski definition) is 2. The van der Waals surface area contributed by atoms with Crippen molar-refractivity contribution in [3.05, 3.63) is 59.4 Å². The van der Waals surface area contributed by atoms with Gasteiger partial charge in [0.25, 0.3) is 0 Å². The van der Waals surface area contributed by atoms with Crippen molar-refractivity contribution in [2.75, 3.05) is 24.3 Å². The molecule has 2 aromatic rings. The molecule has 3 N–H and O–H groups in total. The Morgan fingerprint density at radius 3 is 2.62 bits per heavy atom. The van der Waals surface area contributed by atoms with Crippen LogP contribution in [0.1, 0.15) is 15.9 Å². The van der Waals surface area contributed by atoms with Crippen molar-refractivity contribution >= 4 is 17.3 Å². The molecule has 21 heavy (non-hydrogen) atoms. The van der Waals surface area contributed by atoms with Crippen LogP contribution in [0.25, 0.3) is 0 Å². The molecule has 0 atom stereocenters. The first kappa shape index (κ1) is 14.8. The van der Waals surface area contributed by atoms with Crippen molar-refractivity contribution in [3.63, 3.8) is 0 Å². The maximum atomic E-state index is 13.9. The molecule has 2 rings (SSSR count). The van der Waals surface area contributed by atoms with Gasteiger partial charge in [0.15, 0.2) is 0 Å². The smallest absolute Gasteiger partial charge is 0.248 e. The molecule has 0 saturated carbocycles. The lowest BCUT2D eigenvalue weighted by atomic mass is 10.1. The van der Waals surface area contributed by atoms with Gasteiger partial charge >= 0.3 is 0 Å². The number of rotatable bonds is 5. The third kappa shape index (κ3) is 3.72. The summed E-state index contributed by atoms with van der Waals surface area (Å²) in [5.74, 6) is -1.07. The first-order valence-electron chi connectivity index (χ1n) is 6.57. The minimum absolute atomic E-state index is 0.172. The third-order valence-corrected chi connectivity index (χ3v) is 3.18. The van der Waals surface area contributed by atoms with Gasteiger partial charge in [0, 0.05) is 43.1 Å². The summed E-state index contributed by atoms with van der Waals surface area (Å²) in [5.41, 5.74) is 7.73. The Hall–Kier alpha value is -2.56. The minimum atomic E-state index is -0.632. The number of hydrogen-bond acceptors (Lipinski definition) is 3. The van der Waals surface area contributed by atoms with Crippen LogP contribution in [-0.4, -0.2) is 20.0 Å². The van der Waals surface area contributed by atoms with Gasteiger partial charge in [-0.15, -0.1) is 0 Å². The fraction of sp³-hybridized carbons (Fsp3) is 0.188. The molecule has 0 saturated heterocycles. The van der Waals surface area contributed by atoms with Gasteiger partial charge in [-0.05, 0) is 30.3 Å². The van der Waals surface area contributed by atoms with E-state index >= 15 is 0 Å². The van der Waals surface area contributed by atoms with E-state index in [1.807, 2.05) is 43.3 Å². The van der Waals surface area contributed by atoms with Crippen molar-refractivity contribution in [1.82, 2.24) is 0 Å². The van der Waals surface area contributed by atoms with Crippen LogP contribution < -0.4 is 16.0 Å². The normalized spacial score (nSPS) is 10.2. The van der Waals surface area contributed by atoms with Crippen LogP contribution in [0, 0.1) is 5.82 Å². The van der Waals surface area contributed by atoms with Crippen molar-refractivity contribution in [3.8, 4) is 0 Å². The molecule has 110 valence electrons. The summed E-state index contributed by atoms with van der Waals surface area (Å²) in [5, 5.41) is 3.16. The first-order chi connectivity index (χ1) is 9.97. The monoisotopic (exact) mass is 287 g/mol. The number of carbonyl (C=O) groups is 1. The number of halogens is 1. The molecule has 0 radical (unpaired) electrons. The Morgan fingerprint density at radius 2 is 2.00 bits per heavy atom. The number of anilines is 2. The summed E-state index contributed by atoms with van der Waals surface area (Å²) in [4.78, 5) is 13.0. The Balaban J connectivity index is 2.09. The van der Waals surface area contributed by atoms with Crippen LogP contribution >= 0.6 is 0 Å². The number of primary amides is 1. The molecule has 0 aliphatic heterocycles. The highest BCUT2D eigenvalue weighted by molar-refractivity contribution is 5.92. The van der Waals surface area contributed by atoms with Crippen LogP contribution in [0.3, 0.4) is 0 Å². The molecule has 0 spiro atoms. The highest BCUT2D eigenvalue weighted by Crippen LogP contribution is 2.19. The Bertz CT molecular complexity index is 656. The van der Waals surface area contributed by atoms with Crippen molar-refractivity contribution in [2.45, 2.75) is 6.54 Å². The van der Waals surface area contributed by atoms with E-state index in [4.69, 9.17) is 5.73 Å². The number of carbonyl (C=O) groups excluding carboxylic acids is 1. The molecule has 2 aromatic carbocycles. The average Bonchev–Trinajstić information content (AvgIpc) is 2.46. The lowest BCUT2D eigenvalue weighted by Crippen LogP contribution is -2.12. The van der Waals surface area contributed by atoms with E-state index in [1.165, 1.54) is 6.07 Å². The predicted molar refractivity (Wildman–Crippen MR) is 83.0 cm³/mol. The third-order valence-electron chi connectivity index (χ3n) is 3.18. The second kappa shape index (κ2) is 6.26. The van der Waals surface area contributed by atoms with Gasteiger partial charge in [0.2, 0.25) is 5.91 Å². The molecule has 5 heteroatoms. The van der Waals surface area contributed by atoms with E-state index in [1.54, 1.807) is 6.07 Å². The highest BCUT2D eigenvalue weighted by atomic mass is 19.1. The molecule has 0 heterocycles. The Morgan fingerprint density at radius 1 is 1.24 bits per heavy atom. The fourth-order valence-corrected chi connectivity index (χ4v) is 1.94. The predicted octanol–water partition coefficient (Wildman–Crippen LogP) is 2.60. The molecule has 0 unspecified atom stereocenters. The Labute approximate surface area is 123 Å². The molecule has 0 aliphatic carbocycles. The molecule has 4 nitrogen and oxygen atoms in total. The zero-order valence-corrected chi connectivity index (χ0v) is 12.1. The Kier molecular flexibility index (Phi) is 4.42. The van der Waals surface area contributed by atoms with Crippen LogP contribution in [-0.2, 0) is 6.54 Å². The maximum Gasteiger partial charge on any atom is 0.248 e. The number of nitrogens with zero attached hydrogens (tertiary/aromatic N) is 1. The van der Waals surface area contributed by atoms with E-state index < -0.39 is 11.7 Å². The molecule has 0 aliphatic rings. The average molecular weight is 287 g/mol. The summed E-state index contributed by atoms with van der Waals surface area (Å²) in [6, 6.07) is 12.1. The SMILES string of the molecule is CN(C)c1cccc(NCc2ccc(C(N)=O)cc2F)c1. The van der Waals surface area contributed by atoms with Crippen molar-refractivity contribution in [2.24, 2.45) is 5.73 Å². The lowest BCUT2D eigenvalue weighted by Gasteiger charge is -2.14. The second-order valence-electron chi connectivity index (χ2n) is 4.97. The number of nitrogens with one attached hydrogen (secondary N) is 1. The van der Waals surface area contributed by atoms with Gasteiger partial charge in [0.05, 0.1) is 0 Å². The summed E-state index contributed by atoms with van der Waals surface area (Å²) >= 11 is 0. The van der Waals surface area contributed by atoms with E-state index in [2.05, 4.69) is 5.32 Å².